The van der Waals surface area contributed by atoms with Gasteiger partial charge >= 0.3 is 0 Å². The third-order valence-electron chi connectivity index (χ3n) is 3.84. The average molecular weight is 277 g/mol. The number of hydrogen-bond acceptors (Lipinski definition) is 3. The molecule has 2 rings (SSSR count). The second-order valence-electron chi connectivity index (χ2n) is 5.31. The van der Waals surface area contributed by atoms with E-state index >= 15 is 0 Å². The lowest BCUT2D eigenvalue weighted by molar-refractivity contribution is -0.123. The molecular formula is C13H25ClN2O2. The number of nitrogens with one attached hydrogen (secondary N) is 2. The first kappa shape index (κ1) is 15.7. The van der Waals surface area contributed by atoms with Crippen LogP contribution >= 0.6 is 12.4 Å². The third kappa shape index (κ3) is 4.75. The van der Waals surface area contributed by atoms with Crippen molar-refractivity contribution in [3.63, 3.8) is 0 Å². The van der Waals surface area contributed by atoms with E-state index in [9.17, 15) is 4.79 Å². The van der Waals surface area contributed by atoms with E-state index in [1.165, 1.54) is 0 Å². The van der Waals surface area contributed by atoms with E-state index in [4.69, 9.17) is 4.74 Å². The highest BCUT2D eigenvalue weighted by atomic mass is 35.5. The van der Waals surface area contributed by atoms with Gasteiger partial charge in [-0.15, -0.1) is 12.4 Å². The summed E-state index contributed by atoms with van der Waals surface area (Å²) >= 11 is 0. The number of rotatable bonds is 4. The maximum Gasteiger partial charge on any atom is 0.220 e. The minimum absolute atomic E-state index is 0. The van der Waals surface area contributed by atoms with Crippen LogP contribution < -0.4 is 10.6 Å². The molecule has 2 saturated heterocycles. The van der Waals surface area contributed by atoms with Crippen molar-refractivity contribution >= 4 is 18.3 Å². The Morgan fingerprint density at radius 3 is 2.72 bits per heavy atom. The third-order valence-corrected chi connectivity index (χ3v) is 3.84. The van der Waals surface area contributed by atoms with Crippen LogP contribution in [-0.4, -0.2) is 37.7 Å². The predicted molar refractivity (Wildman–Crippen MR) is 74.0 cm³/mol. The van der Waals surface area contributed by atoms with Crippen molar-refractivity contribution in [3.05, 3.63) is 0 Å². The minimum Gasteiger partial charge on any atom is -0.376 e. The number of piperidine rings is 1. The quantitative estimate of drug-likeness (QED) is 0.818. The Hall–Kier alpha value is -0.320. The van der Waals surface area contributed by atoms with Gasteiger partial charge in [0, 0.05) is 13.0 Å². The number of carbonyl (C=O) groups is 1. The van der Waals surface area contributed by atoms with Gasteiger partial charge in [0.2, 0.25) is 5.91 Å². The normalized spacial score (nSPS) is 26.4. The lowest BCUT2D eigenvalue weighted by atomic mass is 9.94. The van der Waals surface area contributed by atoms with E-state index in [2.05, 4.69) is 17.6 Å². The van der Waals surface area contributed by atoms with Crippen molar-refractivity contribution in [1.29, 1.82) is 0 Å². The van der Waals surface area contributed by atoms with Crippen LogP contribution in [-0.2, 0) is 9.53 Å². The van der Waals surface area contributed by atoms with E-state index in [0.29, 0.717) is 12.3 Å². The first-order valence-electron chi connectivity index (χ1n) is 6.87. The monoisotopic (exact) mass is 276 g/mol. The molecule has 0 aromatic rings. The van der Waals surface area contributed by atoms with Crippen molar-refractivity contribution in [2.24, 2.45) is 5.92 Å². The topological polar surface area (TPSA) is 50.4 Å². The molecule has 2 unspecified atom stereocenters. The second-order valence-corrected chi connectivity index (χ2v) is 5.31. The van der Waals surface area contributed by atoms with Crippen LogP contribution in [0.25, 0.3) is 0 Å². The zero-order valence-corrected chi connectivity index (χ0v) is 11.9. The Morgan fingerprint density at radius 1 is 1.39 bits per heavy atom. The number of hydrogen-bond donors (Lipinski definition) is 2. The number of halogens is 1. The molecule has 4 nitrogen and oxygen atoms in total. The molecule has 5 heteroatoms. The summed E-state index contributed by atoms with van der Waals surface area (Å²) in [5, 5.41) is 6.41. The summed E-state index contributed by atoms with van der Waals surface area (Å²) in [5.74, 6) is 0.757. The predicted octanol–water partition coefficient (Wildman–Crippen LogP) is 1.48. The number of ether oxygens (including phenoxy) is 1. The molecule has 0 aromatic heterocycles. The fourth-order valence-electron chi connectivity index (χ4n) is 2.75. The van der Waals surface area contributed by atoms with Crippen LogP contribution in [0.2, 0.25) is 0 Å². The van der Waals surface area contributed by atoms with Gasteiger partial charge < -0.3 is 15.4 Å². The smallest absolute Gasteiger partial charge is 0.220 e. The fourth-order valence-corrected chi connectivity index (χ4v) is 2.75. The van der Waals surface area contributed by atoms with Gasteiger partial charge in [0.05, 0.1) is 12.1 Å². The molecule has 18 heavy (non-hydrogen) atoms. The summed E-state index contributed by atoms with van der Waals surface area (Å²) in [6.07, 6.45) is 5.36. The Kier molecular flexibility index (Phi) is 6.97. The highest BCUT2D eigenvalue weighted by Crippen LogP contribution is 2.18. The lowest BCUT2D eigenvalue weighted by Gasteiger charge is -2.24. The van der Waals surface area contributed by atoms with Crippen LogP contribution in [0.15, 0.2) is 0 Å². The molecule has 106 valence electrons. The number of amides is 1. The average Bonchev–Trinajstić information content (AvgIpc) is 2.83. The standard InChI is InChI=1S/C13H24N2O2.ClH/c1-10(12-3-2-8-17-12)15-13(16)9-11-4-6-14-7-5-11;/h10-12,14H,2-9H2,1H3,(H,15,16);1H. The summed E-state index contributed by atoms with van der Waals surface area (Å²) in [6.45, 7) is 5.01. The van der Waals surface area contributed by atoms with Crippen molar-refractivity contribution in [3.8, 4) is 0 Å². The van der Waals surface area contributed by atoms with Gasteiger partial charge in [-0.2, -0.15) is 0 Å². The summed E-state index contributed by atoms with van der Waals surface area (Å²) in [6, 6.07) is 0.159. The van der Waals surface area contributed by atoms with Crippen LogP contribution in [0.4, 0.5) is 0 Å². The molecule has 2 aliphatic heterocycles. The summed E-state index contributed by atoms with van der Waals surface area (Å²) in [5.41, 5.74) is 0. The summed E-state index contributed by atoms with van der Waals surface area (Å²) in [4.78, 5) is 11.9. The molecule has 2 heterocycles. The Labute approximate surface area is 116 Å². The van der Waals surface area contributed by atoms with E-state index in [1.54, 1.807) is 0 Å². The van der Waals surface area contributed by atoms with Gasteiger partial charge in [-0.3, -0.25) is 4.79 Å². The van der Waals surface area contributed by atoms with Gasteiger partial charge in [0.25, 0.3) is 0 Å². The molecule has 0 aliphatic carbocycles. The Balaban J connectivity index is 0.00000162. The largest absolute Gasteiger partial charge is 0.376 e. The van der Waals surface area contributed by atoms with Crippen LogP contribution in [0.3, 0.4) is 0 Å². The Morgan fingerprint density at radius 2 is 2.11 bits per heavy atom. The van der Waals surface area contributed by atoms with Gasteiger partial charge in [-0.05, 0) is 51.6 Å². The molecule has 2 aliphatic rings. The molecular weight excluding hydrogens is 252 g/mol. The maximum absolute atomic E-state index is 11.9. The SMILES string of the molecule is CC(NC(=O)CC1CCNCC1)C1CCCO1.Cl. The Bertz CT molecular complexity index is 251. The van der Waals surface area contributed by atoms with Gasteiger partial charge in [-0.1, -0.05) is 0 Å². The molecule has 2 atom stereocenters. The van der Waals surface area contributed by atoms with Crippen LogP contribution in [0.1, 0.15) is 39.0 Å². The second kappa shape index (κ2) is 7.97. The molecule has 0 bridgehead atoms. The minimum atomic E-state index is 0. The lowest BCUT2D eigenvalue weighted by Crippen LogP contribution is -2.42. The van der Waals surface area contributed by atoms with Crippen molar-refractivity contribution < 1.29 is 9.53 Å². The van der Waals surface area contributed by atoms with Crippen LogP contribution in [0, 0.1) is 5.92 Å². The van der Waals surface area contributed by atoms with Gasteiger partial charge in [0.1, 0.15) is 0 Å². The summed E-state index contributed by atoms with van der Waals surface area (Å²) < 4.78 is 5.58. The molecule has 2 fully saturated rings. The zero-order chi connectivity index (χ0) is 12.1. The van der Waals surface area contributed by atoms with E-state index < -0.39 is 0 Å². The van der Waals surface area contributed by atoms with Crippen molar-refractivity contribution in [2.45, 2.75) is 51.2 Å². The maximum atomic E-state index is 11.9. The van der Waals surface area contributed by atoms with Crippen molar-refractivity contribution in [2.75, 3.05) is 19.7 Å². The highest BCUT2D eigenvalue weighted by Gasteiger charge is 2.24. The first-order valence-corrected chi connectivity index (χ1v) is 6.87. The fraction of sp³-hybridized carbons (Fsp3) is 0.923. The number of carbonyl (C=O) groups excluding carboxylic acids is 1. The van der Waals surface area contributed by atoms with E-state index in [1.807, 2.05) is 0 Å². The molecule has 1 amide bonds. The molecule has 0 spiro atoms. The van der Waals surface area contributed by atoms with E-state index in [-0.39, 0.29) is 30.5 Å². The molecule has 0 radical (unpaired) electrons. The van der Waals surface area contributed by atoms with Crippen LogP contribution in [0.5, 0.6) is 0 Å². The van der Waals surface area contributed by atoms with Crippen molar-refractivity contribution in [1.82, 2.24) is 10.6 Å². The van der Waals surface area contributed by atoms with Gasteiger partial charge in [0.15, 0.2) is 0 Å². The molecule has 0 saturated carbocycles. The summed E-state index contributed by atoms with van der Waals surface area (Å²) in [7, 11) is 0. The molecule has 0 aromatic carbocycles. The van der Waals surface area contributed by atoms with Gasteiger partial charge in [-0.25, -0.2) is 0 Å². The molecule has 2 N–H and O–H groups in total. The first-order chi connectivity index (χ1) is 8.25. The highest BCUT2D eigenvalue weighted by molar-refractivity contribution is 5.85. The van der Waals surface area contributed by atoms with E-state index in [0.717, 1.165) is 45.4 Å². The zero-order valence-electron chi connectivity index (χ0n) is 11.1.